The Labute approximate surface area is 213 Å². The lowest BCUT2D eigenvalue weighted by molar-refractivity contribution is 0.245. The van der Waals surface area contributed by atoms with Gasteiger partial charge in [-0.3, -0.25) is 4.90 Å². The van der Waals surface area contributed by atoms with Gasteiger partial charge in [-0.05, 0) is 76.1 Å². The van der Waals surface area contributed by atoms with Crippen LogP contribution >= 0.6 is 0 Å². The molecule has 0 radical (unpaired) electrons. The molecule has 1 aromatic heterocycles. The summed E-state index contributed by atoms with van der Waals surface area (Å²) < 4.78 is 0. The van der Waals surface area contributed by atoms with Crippen molar-refractivity contribution in [2.45, 2.75) is 85.7 Å². The molecule has 1 atom stereocenters. The standard InChI is InChI=1S/C31H44N4/c1-7-11-12-16-26-17-13-14-20-28(26)35(6)22-27-23(5)33-31(34-30(27)32-21-8-2)29-24(9-3)18-15-19-25(29)10-4/h7,11-12,15-19,28H,8-10,13-14,20-22H2,1-6H3,(H,32,33,34)/b11-7-,16-12-/t28-/m0/s1. The van der Waals surface area contributed by atoms with Crippen molar-refractivity contribution in [3.63, 3.8) is 0 Å². The molecule has 0 saturated heterocycles. The van der Waals surface area contributed by atoms with E-state index in [1.54, 1.807) is 0 Å². The highest BCUT2D eigenvalue weighted by atomic mass is 15.1. The van der Waals surface area contributed by atoms with Gasteiger partial charge in [0.2, 0.25) is 0 Å². The normalized spacial score (nSPS) is 16.4. The number of likely N-dealkylation sites (N-methyl/N-ethyl adjacent to an activating group) is 1. The molecule has 0 unspecified atom stereocenters. The van der Waals surface area contributed by atoms with Crippen LogP contribution in [-0.4, -0.2) is 34.5 Å². The second-order valence-corrected chi connectivity index (χ2v) is 9.50. The van der Waals surface area contributed by atoms with Gasteiger partial charge in [0.15, 0.2) is 5.82 Å². The average Bonchev–Trinajstić information content (AvgIpc) is 2.88. The van der Waals surface area contributed by atoms with Gasteiger partial charge in [0.05, 0.1) is 0 Å². The van der Waals surface area contributed by atoms with Gasteiger partial charge < -0.3 is 5.32 Å². The highest BCUT2D eigenvalue weighted by Gasteiger charge is 2.23. The molecule has 0 spiro atoms. The minimum Gasteiger partial charge on any atom is -0.370 e. The zero-order valence-corrected chi connectivity index (χ0v) is 22.7. The van der Waals surface area contributed by atoms with E-state index in [4.69, 9.17) is 9.97 Å². The van der Waals surface area contributed by atoms with Crippen LogP contribution in [0, 0.1) is 6.92 Å². The number of nitrogens with one attached hydrogen (secondary N) is 1. The number of rotatable bonds is 11. The topological polar surface area (TPSA) is 41.1 Å². The fourth-order valence-corrected chi connectivity index (χ4v) is 4.99. The molecule has 0 bridgehead atoms. The van der Waals surface area contributed by atoms with E-state index in [0.717, 1.165) is 56.1 Å². The number of aromatic nitrogens is 2. The molecule has 0 aliphatic heterocycles. The molecule has 0 saturated carbocycles. The van der Waals surface area contributed by atoms with Crippen molar-refractivity contribution in [1.82, 2.24) is 14.9 Å². The first-order valence-electron chi connectivity index (χ1n) is 13.5. The minimum absolute atomic E-state index is 0.413. The third-order valence-electron chi connectivity index (χ3n) is 6.96. The smallest absolute Gasteiger partial charge is 0.162 e. The van der Waals surface area contributed by atoms with Crippen LogP contribution < -0.4 is 5.32 Å². The highest BCUT2D eigenvalue weighted by molar-refractivity contribution is 5.67. The molecule has 2 aromatic rings. The van der Waals surface area contributed by atoms with Crippen molar-refractivity contribution >= 4 is 5.82 Å². The van der Waals surface area contributed by atoms with Crippen LogP contribution in [0.3, 0.4) is 0 Å². The maximum atomic E-state index is 5.15. The van der Waals surface area contributed by atoms with Crippen LogP contribution in [0.15, 0.2) is 54.2 Å². The van der Waals surface area contributed by atoms with Gasteiger partial charge in [-0.25, -0.2) is 9.97 Å². The molecule has 188 valence electrons. The van der Waals surface area contributed by atoms with Crippen LogP contribution in [0.1, 0.15) is 75.8 Å². The first-order chi connectivity index (χ1) is 17.0. The van der Waals surface area contributed by atoms with Gasteiger partial charge >= 0.3 is 0 Å². The van der Waals surface area contributed by atoms with Gasteiger partial charge in [0, 0.05) is 36.0 Å². The zero-order valence-electron chi connectivity index (χ0n) is 22.7. The maximum absolute atomic E-state index is 5.15. The van der Waals surface area contributed by atoms with E-state index < -0.39 is 0 Å². The molecule has 3 rings (SSSR count). The summed E-state index contributed by atoms with van der Waals surface area (Å²) in [6.07, 6.45) is 17.6. The summed E-state index contributed by atoms with van der Waals surface area (Å²) in [4.78, 5) is 12.7. The summed E-state index contributed by atoms with van der Waals surface area (Å²) in [5.74, 6) is 1.84. The van der Waals surface area contributed by atoms with Gasteiger partial charge in [0.1, 0.15) is 5.82 Å². The molecule has 0 amide bonds. The Hall–Kier alpha value is -2.72. The van der Waals surface area contributed by atoms with E-state index >= 15 is 0 Å². The summed E-state index contributed by atoms with van der Waals surface area (Å²) in [6.45, 7) is 12.6. The number of hydrogen-bond donors (Lipinski definition) is 1. The maximum Gasteiger partial charge on any atom is 0.162 e. The number of allylic oxidation sites excluding steroid dienone is 4. The molecule has 1 heterocycles. The summed E-state index contributed by atoms with van der Waals surface area (Å²) in [6, 6.07) is 7.00. The lowest BCUT2D eigenvalue weighted by Crippen LogP contribution is -2.34. The number of hydrogen-bond acceptors (Lipinski definition) is 4. The predicted molar refractivity (Wildman–Crippen MR) is 151 cm³/mol. The SMILES string of the molecule is C/C=C\C=C/C1=CCCC[C@@H]1N(C)Cc1c(C)nc(-c2c(CC)cccc2CC)nc1NCCC. The van der Waals surface area contributed by atoms with Crippen LogP contribution in [0.25, 0.3) is 11.4 Å². The first-order valence-corrected chi connectivity index (χ1v) is 13.5. The fraction of sp³-hybridized carbons (Fsp3) is 0.484. The largest absolute Gasteiger partial charge is 0.370 e. The van der Waals surface area contributed by atoms with E-state index in [2.05, 4.69) is 100 Å². The van der Waals surface area contributed by atoms with E-state index in [9.17, 15) is 0 Å². The van der Waals surface area contributed by atoms with Crippen LogP contribution in [0.5, 0.6) is 0 Å². The molecule has 4 nitrogen and oxygen atoms in total. The summed E-state index contributed by atoms with van der Waals surface area (Å²) in [5.41, 5.74) is 7.55. The van der Waals surface area contributed by atoms with E-state index in [0.29, 0.717) is 6.04 Å². The fourth-order valence-electron chi connectivity index (χ4n) is 4.99. The van der Waals surface area contributed by atoms with Crippen molar-refractivity contribution in [2.24, 2.45) is 0 Å². The molecular formula is C31H44N4. The Morgan fingerprint density at radius 3 is 2.49 bits per heavy atom. The molecule has 1 aliphatic carbocycles. The average molecular weight is 473 g/mol. The predicted octanol–water partition coefficient (Wildman–Crippen LogP) is 7.44. The molecule has 1 aliphatic rings. The highest BCUT2D eigenvalue weighted by Crippen LogP contribution is 2.31. The first kappa shape index (κ1) is 26.9. The van der Waals surface area contributed by atoms with Crippen molar-refractivity contribution in [2.75, 3.05) is 18.9 Å². The third kappa shape index (κ3) is 6.70. The Balaban J connectivity index is 1.99. The molecule has 4 heteroatoms. The third-order valence-corrected chi connectivity index (χ3v) is 6.96. The zero-order chi connectivity index (χ0) is 25.2. The molecule has 0 fully saturated rings. The molecule has 1 N–H and O–H groups in total. The van der Waals surface area contributed by atoms with Crippen molar-refractivity contribution < 1.29 is 0 Å². The summed E-state index contributed by atoms with van der Waals surface area (Å²) >= 11 is 0. The number of aryl methyl sites for hydroxylation is 3. The van der Waals surface area contributed by atoms with Crippen LogP contribution in [0.4, 0.5) is 5.82 Å². The number of nitrogens with zero attached hydrogens (tertiary/aromatic N) is 3. The summed E-state index contributed by atoms with van der Waals surface area (Å²) in [5, 5.41) is 3.63. The quantitative estimate of drug-likeness (QED) is 0.345. The van der Waals surface area contributed by atoms with Gasteiger partial charge in [0.25, 0.3) is 0 Å². The minimum atomic E-state index is 0.413. The van der Waals surface area contributed by atoms with Crippen molar-refractivity contribution in [3.05, 3.63) is 76.5 Å². The second-order valence-electron chi connectivity index (χ2n) is 9.50. The number of anilines is 1. The molecular weight excluding hydrogens is 428 g/mol. The van der Waals surface area contributed by atoms with E-state index in [1.807, 2.05) is 0 Å². The van der Waals surface area contributed by atoms with E-state index in [-0.39, 0.29) is 0 Å². The molecule has 35 heavy (non-hydrogen) atoms. The molecule has 1 aromatic carbocycles. The Morgan fingerprint density at radius 2 is 1.83 bits per heavy atom. The lowest BCUT2D eigenvalue weighted by atomic mass is 9.92. The van der Waals surface area contributed by atoms with Gasteiger partial charge in [-0.1, -0.05) is 69.4 Å². The van der Waals surface area contributed by atoms with Gasteiger partial charge in [-0.2, -0.15) is 0 Å². The summed E-state index contributed by atoms with van der Waals surface area (Å²) in [7, 11) is 2.24. The van der Waals surface area contributed by atoms with Crippen LogP contribution in [-0.2, 0) is 19.4 Å². The Kier molecular flexibility index (Phi) is 10.3. The van der Waals surface area contributed by atoms with Gasteiger partial charge in [-0.15, -0.1) is 0 Å². The Morgan fingerprint density at radius 1 is 1.09 bits per heavy atom. The Bertz CT molecular complexity index is 1040. The van der Waals surface area contributed by atoms with Crippen molar-refractivity contribution in [1.29, 1.82) is 0 Å². The monoisotopic (exact) mass is 472 g/mol. The van der Waals surface area contributed by atoms with Crippen molar-refractivity contribution in [3.8, 4) is 11.4 Å². The van der Waals surface area contributed by atoms with E-state index in [1.165, 1.54) is 40.7 Å². The van der Waals surface area contributed by atoms with Crippen LogP contribution in [0.2, 0.25) is 0 Å². The lowest BCUT2D eigenvalue weighted by Gasteiger charge is -2.32. The second kappa shape index (κ2) is 13.4. The number of benzene rings is 1.